The Bertz CT molecular complexity index is 1510. The topological polar surface area (TPSA) is 72.2 Å². The zero-order valence-electron chi connectivity index (χ0n) is 20.2. The van der Waals surface area contributed by atoms with E-state index in [1.165, 1.54) is 0 Å². The summed E-state index contributed by atoms with van der Waals surface area (Å²) in [7, 11) is 1.61. The van der Waals surface area contributed by atoms with Gasteiger partial charge in [-0.1, -0.05) is 42.5 Å². The molecule has 1 aromatic heterocycles. The Morgan fingerprint density at radius 1 is 0.944 bits per heavy atom. The number of morpholine rings is 1. The van der Waals surface area contributed by atoms with E-state index in [1.807, 2.05) is 54.6 Å². The Hall–Kier alpha value is -3.68. The highest BCUT2D eigenvalue weighted by Crippen LogP contribution is 2.40. The van der Waals surface area contributed by atoms with Crippen LogP contribution in [0.5, 0.6) is 5.75 Å². The van der Waals surface area contributed by atoms with Crippen molar-refractivity contribution >= 4 is 27.6 Å². The van der Waals surface area contributed by atoms with Gasteiger partial charge in [-0.15, -0.1) is 0 Å². The number of carbonyl (C=O) groups excluding carboxylic acids is 1. The van der Waals surface area contributed by atoms with Crippen LogP contribution in [-0.4, -0.2) is 62.2 Å². The van der Waals surface area contributed by atoms with Crippen LogP contribution in [0.15, 0.2) is 69.9 Å². The molecular formula is C29H28N2O5. The maximum Gasteiger partial charge on any atom is 0.290 e. The van der Waals surface area contributed by atoms with Crippen LogP contribution in [-0.2, 0) is 4.74 Å². The molecule has 0 N–H and O–H groups in total. The Morgan fingerprint density at radius 2 is 1.78 bits per heavy atom. The van der Waals surface area contributed by atoms with Crippen LogP contribution < -0.4 is 10.2 Å². The molecule has 7 heteroatoms. The van der Waals surface area contributed by atoms with E-state index in [1.54, 1.807) is 18.1 Å². The van der Waals surface area contributed by atoms with Gasteiger partial charge in [-0.3, -0.25) is 14.5 Å². The lowest BCUT2D eigenvalue weighted by Crippen LogP contribution is -2.38. The summed E-state index contributed by atoms with van der Waals surface area (Å²) in [5.74, 6) is 0.576. The SMILES string of the molecule is COc1cccc(C2c3c(oc4c(ccc5ccccc54)c3=O)C(=O)N2CCCN2CCOCC2)c1. The molecule has 3 heterocycles. The van der Waals surface area contributed by atoms with E-state index >= 15 is 0 Å². The monoisotopic (exact) mass is 484 g/mol. The van der Waals surface area contributed by atoms with Gasteiger partial charge in [0.15, 0.2) is 5.43 Å². The highest BCUT2D eigenvalue weighted by molar-refractivity contribution is 6.06. The van der Waals surface area contributed by atoms with Gasteiger partial charge in [0, 0.05) is 31.6 Å². The number of rotatable bonds is 6. The first kappa shape index (κ1) is 22.8. The van der Waals surface area contributed by atoms with Crippen molar-refractivity contribution < 1.29 is 18.7 Å². The van der Waals surface area contributed by atoms with Crippen molar-refractivity contribution in [3.8, 4) is 5.75 Å². The maximum absolute atomic E-state index is 13.9. The molecule has 2 aliphatic heterocycles. The average molecular weight is 485 g/mol. The van der Waals surface area contributed by atoms with E-state index in [9.17, 15) is 9.59 Å². The van der Waals surface area contributed by atoms with Gasteiger partial charge in [-0.2, -0.15) is 0 Å². The number of amides is 1. The molecule has 0 bridgehead atoms. The first-order valence-corrected chi connectivity index (χ1v) is 12.4. The predicted molar refractivity (Wildman–Crippen MR) is 138 cm³/mol. The third-order valence-corrected chi connectivity index (χ3v) is 7.24. The molecule has 1 fully saturated rings. The fourth-order valence-corrected chi connectivity index (χ4v) is 5.43. The number of ether oxygens (including phenoxy) is 2. The van der Waals surface area contributed by atoms with Gasteiger partial charge in [0.05, 0.1) is 37.3 Å². The van der Waals surface area contributed by atoms with Crippen LogP contribution in [0, 0.1) is 0 Å². The molecule has 6 rings (SSSR count). The van der Waals surface area contributed by atoms with Crippen molar-refractivity contribution in [2.45, 2.75) is 12.5 Å². The summed E-state index contributed by atoms with van der Waals surface area (Å²) < 4.78 is 17.2. The van der Waals surface area contributed by atoms with Crippen LogP contribution in [0.1, 0.15) is 34.1 Å². The smallest absolute Gasteiger partial charge is 0.290 e. The van der Waals surface area contributed by atoms with Crippen molar-refractivity contribution in [3.05, 3.63) is 87.8 Å². The fraction of sp³-hybridized carbons (Fsp3) is 0.310. The number of benzene rings is 3. The van der Waals surface area contributed by atoms with Gasteiger partial charge in [0.1, 0.15) is 11.3 Å². The molecule has 0 saturated carbocycles. The summed E-state index contributed by atoms with van der Waals surface area (Å²) in [6, 6.07) is 18.5. The molecule has 3 aromatic carbocycles. The minimum absolute atomic E-state index is 0.142. The standard InChI is InChI=1S/C29H28N2O5/c1-34-21-8-4-7-20(18-21)25-24-26(32)23-11-10-19-6-2-3-9-22(19)27(23)36-28(24)29(33)31(25)13-5-12-30-14-16-35-17-15-30/h2-4,6-11,18,25H,5,12-17H2,1H3. The second kappa shape index (κ2) is 9.41. The summed E-state index contributed by atoms with van der Waals surface area (Å²) in [4.78, 5) is 31.8. The predicted octanol–water partition coefficient (Wildman–Crippen LogP) is 4.22. The van der Waals surface area contributed by atoms with E-state index < -0.39 is 6.04 Å². The summed E-state index contributed by atoms with van der Waals surface area (Å²) in [6.07, 6.45) is 0.789. The molecule has 1 unspecified atom stereocenters. The van der Waals surface area contributed by atoms with Crippen molar-refractivity contribution in [3.63, 3.8) is 0 Å². The van der Waals surface area contributed by atoms with Crippen LogP contribution in [0.2, 0.25) is 0 Å². The minimum Gasteiger partial charge on any atom is -0.497 e. The fourth-order valence-electron chi connectivity index (χ4n) is 5.43. The van der Waals surface area contributed by atoms with Crippen molar-refractivity contribution in [2.75, 3.05) is 46.5 Å². The molecule has 2 aliphatic rings. The molecule has 0 aliphatic carbocycles. The third kappa shape index (κ3) is 3.85. The van der Waals surface area contributed by atoms with E-state index in [4.69, 9.17) is 13.9 Å². The van der Waals surface area contributed by atoms with E-state index in [2.05, 4.69) is 4.90 Å². The van der Waals surface area contributed by atoms with Crippen LogP contribution in [0.3, 0.4) is 0 Å². The minimum atomic E-state index is -0.528. The summed E-state index contributed by atoms with van der Waals surface area (Å²) >= 11 is 0. The zero-order chi connectivity index (χ0) is 24.6. The van der Waals surface area contributed by atoms with Crippen LogP contribution >= 0.6 is 0 Å². The molecule has 7 nitrogen and oxygen atoms in total. The van der Waals surface area contributed by atoms with E-state index in [0.717, 1.165) is 55.6 Å². The number of methoxy groups -OCH3 is 1. The van der Waals surface area contributed by atoms with Crippen molar-refractivity contribution in [1.82, 2.24) is 9.80 Å². The van der Waals surface area contributed by atoms with Crippen LogP contribution in [0.4, 0.5) is 0 Å². The first-order chi connectivity index (χ1) is 17.7. The van der Waals surface area contributed by atoms with Gasteiger partial charge >= 0.3 is 0 Å². The lowest BCUT2D eigenvalue weighted by molar-refractivity contribution is 0.0353. The first-order valence-electron chi connectivity index (χ1n) is 12.4. The average Bonchev–Trinajstić information content (AvgIpc) is 3.21. The highest BCUT2D eigenvalue weighted by Gasteiger charge is 2.42. The Balaban J connectivity index is 1.45. The molecule has 4 aromatic rings. The Kier molecular flexibility index (Phi) is 5.95. The van der Waals surface area contributed by atoms with Crippen molar-refractivity contribution in [2.24, 2.45) is 0 Å². The van der Waals surface area contributed by atoms with E-state index in [0.29, 0.717) is 28.8 Å². The summed E-state index contributed by atoms with van der Waals surface area (Å²) in [5.41, 5.74) is 1.54. The van der Waals surface area contributed by atoms with Gasteiger partial charge in [0.25, 0.3) is 5.91 Å². The molecule has 1 amide bonds. The molecule has 1 saturated heterocycles. The Labute approximate surface area is 208 Å². The number of hydrogen-bond acceptors (Lipinski definition) is 6. The van der Waals surface area contributed by atoms with Crippen LogP contribution in [0.25, 0.3) is 21.7 Å². The van der Waals surface area contributed by atoms with Gasteiger partial charge < -0.3 is 18.8 Å². The third-order valence-electron chi connectivity index (χ3n) is 7.24. The molecule has 184 valence electrons. The van der Waals surface area contributed by atoms with Crippen molar-refractivity contribution in [1.29, 1.82) is 0 Å². The zero-order valence-corrected chi connectivity index (χ0v) is 20.2. The largest absolute Gasteiger partial charge is 0.497 e. The lowest BCUT2D eigenvalue weighted by Gasteiger charge is -2.29. The Morgan fingerprint density at radius 3 is 2.61 bits per heavy atom. The molecule has 0 radical (unpaired) electrons. The van der Waals surface area contributed by atoms with Gasteiger partial charge in [0.2, 0.25) is 5.76 Å². The number of hydrogen-bond donors (Lipinski definition) is 0. The molecular weight excluding hydrogens is 456 g/mol. The lowest BCUT2D eigenvalue weighted by atomic mass is 9.97. The highest BCUT2D eigenvalue weighted by atomic mass is 16.5. The number of fused-ring (bicyclic) bond motifs is 4. The molecule has 1 atom stereocenters. The number of nitrogens with zero attached hydrogens (tertiary/aromatic N) is 2. The second-order valence-electron chi connectivity index (χ2n) is 9.32. The van der Waals surface area contributed by atoms with E-state index in [-0.39, 0.29) is 17.1 Å². The maximum atomic E-state index is 13.9. The quantitative estimate of drug-likeness (QED) is 0.382. The summed E-state index contributed by atoms with van der Waals surface area (Å²) in [5, 5.41) is 2.28. The molecule has 36 heavy (non-hydrogen) atoms. The second-order valence-corrected chi connectivity index (χ2v) is 9.32. The molecule has 0 spiro atoms. The summed E-state index contributed by atoms with van der Waals surface area (Å²) in [6.45, 7) is 4.64. The normalized spacial score (nSPS) is 18.2. The van der Waals surface area contributed by atoms with Gasteiger partial charge in [-0.25, -0.2) is 0 Å². The van der Waals surface area contributed by atoms with Gasteiger partial charge in [-0.05, 0) is 35.6 Å². The number of carbonyl (C=O) groups is 1.